The van der Waals surface area contributed by atoms with E-state index in [4.69, 9.17) is 39.2 Å². The number of nitrogens with zero attached hydrogens (tertiary/aromatic N) is 2. The maximum absolute atomic E-state index is 12.1. The predicted molar refractivity (Wildman–Crippen MR) is 105 cm³/mol. The third-order valence-electron chi connectivity index (χ3n) is 3.36. The van der Waals surface area contributed by atoms with Gasteiger partial charge in [0.05, 0.1) is 16.3 Å². The number of carbonyl (C=O) groups excluding carboxylic acids is 1. The van der Waals surface area contributed by atoms with Crippen molar-refractivity contribution in [3.8, 4) is 11.5 Å². The highest BCUT2D eigenvalue weighted by Gasteiger charge is 2.14. The molecule has 2 aromatic carbocycles. The van der Waals surface area contributed by atoms with Gasteiger partial charge in [-0.05, 0) is 48.9 Å². The van der Waals surface area contributed by atoms with Gasteiger partial charge < -0.3 is 9.73 Å². The topological polar surface area (TPSA) is 68.0 Å². The molecular formula is C17H12Cl3N3O2S. The van der Waals surface area contributed by atoms with Gasteiger partial charge in [0, 0.05) is 15.7 Å². The molecule has 0 aliphatic rings. The second-order valence-corrected chi connectivity index (χ2v) is 7.50. The number of aryl methyl sites for hydroxylation is 1. The molecule has 0 radical (unpaired) electrons. The Balaban J connectivity index is 1.61. The summed E-state index contributed by atoms with van der Waals surface area (Å²) in [5, 5.41) is 12.5. The first-order valence-electron chi connectivity index (χ1n) is 7.40. The van der Waals surface area contributed by atoms with Gasteiger partial charge in [0.2, 0.25) is 11.8 Å². The van der Waals surface area contributed by atoms with Crippen LogP contribution in [0.2, 0.25) is 15.1 Å². The maximum atomic E-state index is 12.1. The van der Waals surface area contributed by atoms with Crippen LogP contribution in [-0.4, -0.2) is 21.9 Å². The van der Waals surface area contributed by atoms with Crippen molar-refractivity contribution in [2.24, 2.45) is 0 Å². The molecule has 0 aliphatic heterocycles. The van der Waals surface area contributed by atoms with E-state index in [1.807, 2.05) is 6.92 Å². The fourth-order valence-electron chi connectivity index (χ4n) is 2.12. The Labute approximate surface area is 169 Å². The highest BCUT2D eigenvalue weighted by molar-refractivity contribution is 7.99. The molecule has 1 N–H and O–H groups in total. The Morgan fingerprint density at radius 2 is 1.85 bits per heavy atom. The van der Waals surface area contributed by atoms with Gasteiger partial charge in [-0.1, -0.05) is 46.6 Å². The first-order valence-corrected chi connectivity index (χ1v) is 9.52. The lowest BCUT2D eigenvalue weighted by Crippen LogP contribution is -2.14. The minimum atomic E-state index is -0.190. The fraction of sp³-hybridized carbons (Fsp3) is 0.118. The quantitative estimate of drug-likeness (QED) is 0.525. The number of hydrogen-bond donors (Lipinski definition) is 1. The SMILES string of the molecule is Cc1cc(Cl)ccc1NC(=O)CSc1nnc(-c2ccc(Cl)cc2Cl)o1. The molecule has 0 aliphatic carbocycles. The highest BCUT2D eigenvalue weighted by Crippen LogP contribution is 2.31. The molecule has 0 saturated carbocycles. The zero-order valence-corrected chi connectivity index (χ0v) is 16.5. The number of amides is 1. The lowest BCUT2D eigenvalue weighted by molar-refractivity contribution is -0.113. The lowest BCUT2D eigenvalue weighted by atomic mass is 10.2. The van der Waals surface area contributed by atoms with E-state index in [0.29, 0.717) is 26.3 Å². The smallest absolute Gasteiger partial charge is 0.277 e. The maximum Gasteiger partial charge on any atom is 0.277 e. The van der Waals surface area contributed by atoms with E-state index in [0.717, 1.165) is 17.3 Å². The van der Waals surface area contributed by atoms with Crippen molar-refractivity contribution in [2.45, 2.75) is 12.1 Å². The van der Waals surface area contributed by atoms with Crippen molar-refractivity contribution >= 4 is 58.2 Å². The van der Waals surface area contributed by atoms with Crippen molar-refractivity contribution in [1.82, 2.24) is 10.2 Å². The van der Waals surface area contributed by atoms with Crippen LogP contribution >= 0.6 is 46.6 Å². The summed E-state index contributed by atoms with van der Waals surface area (Å²) < 4.78 is 5.55. The third kappa shape index (κ3) is 4.71. The normalized spacial score (nSPS) is 10.8. The van der Waals surface area contributed by atoms with E-state index in [1.54, 1.807) is 36.4 Å². The number of hydrogen-bond acceptors (Lipinski definition) is 5. The van der Waals surface area contributed by atoms with Crippen LogP contribution in [0.4, 0.5) is 5.69 Å². The molecule has 5 nitrogen and oxygen atoms in total. The third-order valence-corrected chi connectivity index (χ3v) is 4.96. The van der Waals surface area contributed by atoms with Crippen LogP contribution in [0.15, 0.2) is 46.0 Å². The van der Waals surface area contributed by atoms with Crippen LogP contribution in [-0.2, 0) is 4.79 Å². The number of thioether (sulfide) groups is 1. The zero-order chi connectivity index (χ0) is 18.7. The first kappa shape index (κ1) is 19.0. The van der Waals surface area contributed by atoms with E-state index < -0.39 is 0 Å². The summed E-state index contributed by atoms with van der Waals surface area (Å²) in [7, 11) is 0. The van der Waals surface area contributed by atoms with E-state index in [2.05, 4.69) is 15.5 Å². The molecule has 1 heterocycles. The molecule has 0 unspecified atom stereocenters. The van der Waals surface area contributed by atoms with Gasteiger partial charge in [-0.3, -0.25) is 4.79 Å². The Bertz CT molecular complexity index is 962. The number of rotatable bonds is 5. The van der Waals surface area contributed by atoms with Crippen LogP contribution in [0.1, 0.15) is 5.56 Å². The summed E-state index contributed by atoms with van der Waals surface area (Å²) in [6.07, 6.45) is 0. The standard InChI is InChI=1S/C17H12Cl3N3O2S/c1-9-6-10(18)3-5-14(9)21-15(24)8-26-17-23-22-16(25-17)12-4-2-11(19)7-13(12)20/h2-7H,8H2,1H3,(H,21,24). The van der Waals surface area contributed by atoms with Crippen LogP contribution < -0.4 is 5.32 Å². The highest BCUT2D eigenvalue weighted by atomic mass is 35.5. The van der Waals surface area contributed by atoms with Crippen molar-refractivity contribution in [2.75, 3.05) is 11.1 Å². The largest absolute Gasteiger partial charge is 0.411 e. The van der Waals surface area contributed by atoms with Gasteiger partial charge in [0.15, 0.2) is 0 Å². The molecule has 3 aromatic rings. The van der Waals surface area contributed by atoms with Crippen LogP contribution in [0.3, 0.4) is 0 Å². The Kier molecular flexibility index (Phi) is 6.09. The van der Waals surface area contributed by atoms with Crippen LogP contribution in [0.5, 0.6) is 0 Å². The Hall–Kier alpha value is -1.73. The minimum Gasteiger partial charge on any atom is -0.411 e. The first-order chi connectivity index (χ1) is 12.4. The van der Waals surface area contributed by atoms with Gasteiger partial charge >= 0.3 is 0 Å². The molecule has 0 spiro atoms. The van der Waals surface area contributed by atoms with E-state index >= 15 is 0 Å². The van der Waals surface area contributed by atoms with Crippen molar-refractivity contribution in [3.05, 3.63) is 57.0 Å². The number of halogens is 3. The molecule has 3 rings (SSSR count). The second kappa shape index (κ2) is 8.31. The number of anilines is 1. The zero-order valence-electron chi connectivity index (χ0n) is 13.4. The van der Waals surface area contributed by atoms with Crippen molar-refractivity contribution in [1.29, 1.82) is 0 Å². The van der Waals surface area contributed by atoms with Gasteiger partial charge in [-0.15, -0.1) is 10.2 Å². The van der Waals surface area contributed by atoms with Gasteiger partial charge in [0.25, 0.3) is 5.22 Å². The molecule has 1 aromatic heterocycles. The monoisotopic (exact) mass is 427 g/mol. The van der Waals surface area contributed by atoms with Gasteiger partial charge in [-0.25, -0.2) is 0 Å². The fourth-order valence-corrected chi connectivity index (χ4v) is 3.40. The molecule has 0 atom stereocenters. The number of benzene rings is 2. The summed E-state index contributed by atoms with van der Waals surface area (Å²) in [6.45, 7) is 1.87. The summed E-state index contributed by atoms with van der Waals surface area (Å²) in [5.41, 5.74) is 2.17. The van der Waals surface area contributed by atoms with Crippen molar-refractivity contribution in [3.63, 3.8) is 0 Å². The summed E-state index contributed by atoms with van der Waals surface area (Å²) in [6, 6.07) is 10.2. The number of nitrogens with one attached hydrogen (secondary N) is 1. The molecule has 1 amide bonds. The number of carbonyl (C=O) groups is 1. The van der Waals surface area contributed by atoms with Crippen LogP contribution in [0.25, 0.3) is 11.5 Å². The van der Waals surface area contributed by atoms with E-state index in [1.165, 1.54) is 0 Å². The van der Waals surface area contributed by atoms with Crippen LogP contribution in [0, 0.1) is 6.92 Å². The molecule has 9 heteroatoms. The molecule has 26 heavy (non-hydrogen) atoms. The summed E-state index contributed by atoms with van der Waals surface area (Å²) in [5.74, 6) is 0.200. The molecular weight excluding hydrogens is 417 g/mol. The Morgan fingerprint density at radius 3 is 2.58 bits per heavy atom. The molecule has 0 saturated heterocycles. The second-order valence-electron chi connectivity index (χ2n) is 5.29. The lowest BCUT2D eigenvalue weighted by Gasteiger charge is -2.07. The average molecular weight is 429 g/mol. The Morgan fingerprint density at radius 1 is 1.12 bits per heavy atom. The van der Waals surface area contributed by atoms with Crippen molar-refractivity contribution < 1.29 is 9.21 Å². The molecule has 134 valence electrons. The minimum absolute atomic E-state index is 0.123. The van der Waals surface area contributed by atoms with Gasteiger partial charge in [-0.2, -0.15) is 0 Å². The molecule has 0 bridgehead atoms. The van der Waals surface area contributed by atoms with E-state index in [-0.39, 0.29) is 22.8 Å². The molecule has 0 fully saturated rings. The average Bonchev–Trinajstić information content (AvgIpc) is 3.04. The predicted octanol–water partition coefficient (Wildman–Crippen LogP) is 5.74. The summed E-state index contributed by atoms with van der Waals surface area (Å²) in [4.78, 5) is 12.1. The summed E-state index contributed by atoms with van der Waals surface area (Å²) >= 11 is 19.0. The van der Waals surface area contributed by atoms with E-state index in [9.17, 15) is 4.79 Å². The number of aromatic nitrogens is 2. The van der Waals surface area contributed by atoms with Gasteiger partial charge in [0.1, 0.15) is 0 Å².